The van der Waals surface area contributed by atoms with Crippen LogP contribution in [0.3, 0.4) is 0 Å². The molecule has 1 saturated carbocycles. The maximum Gasteiger partial charge on any atom is 0.231 e. The summed E-state index contributed by atoms with van der Waals surface area (Å²) in [5, 5.41) is 15.9. The first-order chi connectivity index (χ1) is 11.6. The van der Waals surface area contributed by atoms with Gasteiger partial charge in [-0.1, -0.05) is 18.0 Å². The first-order valence-electron chi connectivity index (χ1n) is 7.86. The van der Waals surface area contributed by atoms with Gasteiger partial charge in [0.1, 0.15) is 5.54 Å². The SMILES string of the molecule is Cc1nc(C2(NC(=O)CSc3ccc(C#N)cc3)CCCC2)no1. The van der Waals surface area contributed by atoms with Crippen molar-refractivity contribution < 1.29 is 9.32 Å². The minimum absolute atomic E-state index is 0.0475. The molecule has 6 nitrogen and oxygen atoms in total. The summed E-state index contributed by atoms with van der Waals surface area (Å²) < 4.78 is 5.09. The fourth-order valence-electron chi connectivity index (χ4n) is 2.95. The molecule has 1 amide bonds. The van der Waals surface area contributed by atoms with Crippen LogP contribution in [-0.4, -0.2) is 21.8 Å². The first kappa shape index (κ1) is 16.5. The molecular weight excluding hydrogens is 324 g/mol. The standard InChI is InChI=1S/C17H18N4O2S/c1-12-19-16(21-23-12)17(8-2-3-9-17)20-15(22)11-24-14-6-4-13(10-18)5-7-14/h4-7H,2-3,8-9,11H2,1H3,(H,20,22). The first-order valence-corrected chi connectivity index (χ1v) is 8.85. The van der Waals surface area contributed by atoms with Gasteiger partial charge in [-0.05, 0) is 37.1 Å². The Balaban J connectivity index is 1.63. The Morgan fingerprint density at radius 3 is 2.67 bits per heavy atom. The van der Waals surface area contributed by atoms with E-state index in [9.17, 15) is 4.79 Å². The van der Waals surface area contributed by atoms with Crippen molar-refractivity contribution >= 4 is 17.7 Å². The van der Waals surface area contributed by atoms with Crippen molar-refractivity contribution in [2.45, 2.75) is 43.0 Å². The highest BCUT2D eigenvalue weighted by atomic mass is 32.2. The number of benzene rings is 1. The number of rotatable bonds is 5. The van der Waals surface area contributed by atoms with E-state index in [4.69, 9.17) is 9.78 Å². The number of hydrogen-bond acceptors (Lipinski definition) is 6. The molecule has 3 rings (SSSR count). The maximum atomic E-state index is 12.4. The van der Waals surface area contributed by atoms with Gasteiger partial charge < -0.3 is 9.84 Å². The van der Waals surface area contributed by atoms with Crippen LogP contribution in [-0.2, 0) is 10.3 Å². The van der Waals surface area contributed by atoms with E-state index in [1.165, 1.54) is 11.8 Å². The average Bonchev–Trinajstić information content (AvgIpc) is 3.23. The number of hydrogen-bond donors (Lipinski definition) is 1. The van der Waals surface area contributed by atoms with E-state index in [0.29, 0.717) is 23.0 Å². The van der Waals surface area contributed by atoms with Gasteiger partial charge in [-0.15, -0.1) is 11.8 Å². The van der Waals surface area contributed by atoms with Crippen molar-refractivity contribution in [2.24, 2.45) is 0 Å². The molecule has 7 heteroatoms. The third-order valence-electron chi connectivity index (χ3n) is 4.14. The third-order valence-corrected chi connectivity index (χ3v) is 5.16. The number of nitrogens with zero attached hydrogens (tertiary/aromatic N) is 3. The number of carbonyl (C=O) groups is 1. The van der Waals surface area contributed by atoms with Crippen molar-refractivity contribution in [3.05, 3.63) is 41.5 Å². The lowest BCUT2D eigenvalue weighted by molar-refractivity contribution is -0.120. The van der Waals surface area contributed by atoms with Gasteiger partial charge in [0.25, 0.3) is 0 Å². The van der Waals surface area contributed by atoms with E-state index >= 15 is 0 Å². The highest BCUT2D eigenvalue weighted by molar-refractivity contribution is 8.00. The van der Waals surface area contributed by atoms with Gasteiger partial charge in [0.2, 0.25) is 11.8 Å². The molecule has 1 aliphatic carbocycles. The molecule has 24 heavy (non-hydrogen) atoms. The van der Waals surface area contributed by atoms with Crippen LogP contribution in [0.1, 0.15) is 43.0 Å². The Labute approximate surface area is 144 Å². The van der Waals surface area contributed by atoms with Crippen molar-refractivity contribution in [3.63, 3.8) is 0 Å². The monoisotopic (exact) mass is 342 g/mol. The molecule has 1 aliphatic rings. The summed E-state index contributed by atoms with van der Waals surface area (Å²) in [7, 11) is 0. The van der Waals surface area contributed by atoms with Gasteiger partial charge in [-0.3, -0.25) is 4.79 Å². The van der Waals surface area contributed by atoms with Gasteiger partial charge >= 0.3 is 0 Å². The summed E-state index contributed by atoms with van der Waals surface area (Å²) in [5.74, 6) is 1.35. The molecule has 0 bridgehead atoms. The van der Waals surface area contributed by atoms with Crippen LogP contribution >= 0.6 is 11.8 Å². The molecule has 0 radical (unpaired) electrons. The summed E-state index contributed by atoms with van der Waals surface area (Å²) >= 11 is 1.44. The van der Waals surface area contributed by atoms with E-state index < -0.39 is 5.54 Å². The highest BCUT2D eigenvalue weighted by Crippen LogP contribution is 2.37. The Bertz CT molecular complexity index is 758. The Kier molecular flexibility index (Phi) is 4.86. The number of aryl methyl sites for hydroxylation is 1. The summed E-state index contributed by atoms with van der Waals surface area (Å²) in [4.78, 5) is 17.7. The minimum atomic E-state index is -0.500. The molecule has 1 aromatic heterocycles. The number of aromatic nitrogens is 2. The van der Waals surface area contributed by atoms with E-state index in [0.717, 1.165) is 30.6 Å². The molecule has 0 atom stereocenters. The maximum absolute atomic E-state index is 12.4. The molecule has 1 aromatic carbocycles. The number of nitriles is 1. The summed E-state index contributed by atoms with van der Waals surface area (Å²) in [5.41, 5.74) is 0.112. The number of thioether (sulfide) groups is 1. The fraction of sp³-hybridized carbons (Fsp3) is 0.412. The number of nitrogens with one attached hydrogen (secondary N) is 1. The molecule has 0 aliphatic heterocycles. The Morgan fingerprint density at radius 1 is 1.38 bits per heavy atom. The topological polar surface area (TPSA) is 91.8 Å². The predicted octanol–water partition coefficient (Wildman–Crippen LogP) is 2.93. The zero-order valence-corrected chi connectivity index (χ0v) is 14.2. The molecule has 0 saturated heterocycles. The van der Waals surface area contributed by atoms with E-state index in [-0.39, 0.29) is 5.91 Å². The van der Waals surface area contributed by atoms with Gasteiger partial charge in [0, 0.05) is 11.8 Å². The fourth-order valence-corrected chi connectivity index (χ4v) is 3.65. The molecule has 1 heterocycles. The van der Waals surface area contributed by atoms with E-state index in [1.807, 2.05) is 12.1 Å². The largest absolute Gasteiger partial charge is 0.342 e. The third kappa shape index (κ3) is 3.60. The van der Waals surface area contributed by atoms with Crippen LogP contribution in [0.2, 0.25) is 0 Å². The molecule has 1 N–H and O–H groups in total. The van der Waals surface area contributed by atoms with Crippen molar-refractivity contribution in [1.82, 2.24) is 15.5 Å². The van der Waals surface area contributed by atoms with Crippen molar-refractivity contribution in [1.29, 1.82) is 5.26 Å². The Hall–Kier alpha value is -2.33. The molecule has 124 valence electrons. The second kappa shape index (κ2) is 7.05. The van der Waals surface area contributed by atoms with Crippen LogP contribution in [0.4, 0.5) is 0 Å². The second-order valence-electron chi connectivity index (χ2n) is 5.90. The summed E-state index contributed by atoms with van der Waals surface area (Å²) in [6, 6.07) is 9.29. The molecule has 0 spiro atoms. The quantitative estimate of drug-likeness (QED) is 0.840. The van der Waals surface area contributed by atoms with Gasteiger partial charge in [-0.2, -0.15) is 10.2 Å². The average molecular weight is 342 g/mol. The van der Waals surface area contributed by atoms with Crippen LogP contribution in [0.15, 0.2) is 33.7 Å². The molecule has 0 unspecified atom stereocenters. The van der Waals surface area contributed by atoms with Gasteiger partial charge in [0.15, 0.2) is 5.82 Å². The lowest BCUT2D eigenvalue weighted by atomic mass is 9.96. The molecule has 2 aromatic rings. The van der Waals surface area contributed by atoms with E-state index in [1.54, 1.807) is 19.1 Å². The Morgan fingerprint density at radius 2 is 2.08 bits per heavy atom. The normalized spacial score (nSPS) is 15.8. The van der Waals surface area contributed by atoms with Gasteiger partial charge in [-0.25, -0.2) is 0 Å². The van der Waals surface area contributed by atoms with Crippen LogP contribution in [0.25, 0.3) is 0 Å². The van der Waals surface area contributed by atoms with Crippen LogP contribution < -0.4 is 5.32 Å². The lowest BCUT2D eigenvalue weighted by Crippen LogP contribution is -2.45. The predicted molar refractivity (Wildman–Crippen MR) is 89.2 cm³/mol. The summed E-state index contributed by atoms with van der Waals surface area (Å²) in [6.45, 7) is 1.75. The lowest BCUT2D eigenvalue weighted by Gasteiger charge is -2.26. The highest BCUT2D eigenvalue weighted by Gasteiger charge is 2.41. The number of carbonyl (C=O) groups excluding carboxylic acids is 1. The second-order valence-corrected chi connectivity index (χ2v) is 6.95. The molecule has 1 fully saturated rings. The summed E-state index contributed by atoms with van der Waals surface area (Å²) in [6.07, 6.45) is 3.74. The van der Waals surface area contributed by atoms with Crippen molar-refractivity contribution in [2.75, 3.05) is 5.75 Å². The zero-order chi connectivity index (χ0) is 17.0. The van der Waals surface area contributed by atoms with E-state index in [2.05, 4.69) is 21.5 Å². The van der Waals surface area contributed by atoms with Crippen molar-refractivity contribution in [3.8, 4) is 6.07 Å². The zero-order valence-electron chi connectivity index (χ0n) is 13.4. The van der Waals surface area contributed by atoms with Crippen LogP contribution in [0.5, 0.6) is 0 Å². The minimum Gasteiger partial charge on any atom is -0.342 e. The van der Waals surface area contributed by atoms with Crippen LogP contribution in [0, 0.1) is 18.3 Å². The molecular formula is C17H18N4O2S. The number of amides is 1. The van der Waals surface area contributed by atoms with Gasteiger partial charge in [0.05, 0.1) is 17.4 Å². The smallest absolute Gasteiger partial charge is 0.231 e.